The summed E-state index contributed by atoms with van der Waals surface area (Å²) in [6, 6.07) is 11.3. The van der Waals surface area contributed by atoms with Gasteiger partial charge in [0.15, 0.2) is 0 Å². The number of carbonyl (C=O) groups is 2. The summed E-state index contributed by atoms with van der Waals surface area (Å²) in [7, 11) is 0. The number of hydrogen-bond acceptors (Lipinski definition) is 3. The molecule has 5 nitrogen and oxygen atoms in total. The van der Waals surface area contributed by atoms with Crippen LogP contribution in [0.3, 0.4) is 0 Å². The first-order chi connectivity index (χ1) is 12.1. The average Bonchev–Trinajstić information content (AvgIpc) is 3.05. The highest BCUT2D eigenvalue weighted by Gasteiger charge is 2.28. The number of aromatic nitrogens is 1. The van der Waals surface area contributed by atoms with Crippen LogP contribution in [0.2, 0.25) is 0 Å². The Bertz CT molecular complexity index is 751. The van der Waals surface area contributed by atoms with E-state index in [0.717, 1.165) is 12.0 Å². The lowest BCUT2D eigenvalue weighted by molar-refractivity contribution is -0.129. The molecule has 130 valence electrons. The highest BCUT2D eigenvalue weighted by molar-refractivity contribution is 5.92. The van der Waals surface area contributed by atoms with Crippen molar-refractivity contribution >= 4 is 11.8 Å². The SMILES string of the molecule is O=C(NCC(Cc1cccc(F)c1)N1CCCC1=O)c1ccccn1. The third-order valence-corrected chi connectivity index (χ3v) is 4.31. The van der Waals surface area contributed by atoms with Gasteiger partial charge in [-0.05, 0) is 42.7 Å². The molecule has 2 heterocycles. The molecule has 1 atom stereocenters. The summed E-state index contributed by atoms with van der Waals surface area (Å²) in [6.45, 7) is 0.968. The Morgan fingerprint density at radius 3 is 2.84 bits per heavy atom. The number of amides is 2. The van der Waals surface area contributed by atoms with Gasteiger partial charge >= 0.3 is 0 Å². The zero-order valence-corrected chi connectivity index (χ0v) is 13.8. The first kappa shape index (κ1) is 17.1. The molecule has 0 saturated carbocycles. The topological polar surface area (TPSA) is 62.3 Å². The van der Waals surface area contributed by atoms with Gasteiger partial charge in [-0.1, -0.05) is 18.2 Å². The van der Waals surface area contributed by atoms with Gasteiger partial charge in [-0.3, -0.25) is 14.6 Å². The van der Waals surface area contributed by atoms with Crippen LogP contribution in [0.25, 0.3) is 0 Å². The van der Waals surface area contributed by atoms with Gasteiger partial charge in [0, 0.05) is 25.7 Å². The van der Waals surface area contributed by atoms with Gasteiger partial charge in [0.2, 0.25) is 5.91 Å². The predicted octanol–water partition coefficient (Wildman–Crippen LogP) is 2.18. The summed E-state index contributed by atoms with van der Waals surface area (Å²) in [6.07, 6.45) is 3.38. The van der Waals surface area contributed by atoms with Gasteiger partial charge in [0.1, 0.15) is 11.5 Å². The maximum absolute atomic E-state index is 13.4. The van der Waals surface area contributed by atoms with E-state index in [2.05, 4.69) is 10.3 Å². The first-order valence-corrected chi connectivity index (χ1v) is 8.36. The number of rotatable bonds is 6. The molecule has 1 aliphatic heterocycles. The fourth-order valence-electron chi connectivity index (χ4n) is 3.08. The van der Waals surface area contributed by atoms with Crippen LogP contribution >= 0.6 is 0 Å². The van der Waals surface area contributed by atoms with Crippen LogP contribution in [0.4, 0.5) is 4.39 Å². The first-order valence-electron chi connectivity index (χ1n) is 8.36. The van der Waals surface area contributed by atoms with Crippen LogP contribution in [-0.2, 0) is 11.2 Å². The maximum atomic E-state index is 13.4. The molecule has 6 heteroatoms. The molecular formula is C19H20FN3O2. The van der Waals surface area contributed by atoms with E-state index in [-0.39, 0.29) is 23.7 Å². The molecule has 25 heavy (non-hydrogen) atoms. The lowest BCUT2D eigenvalue weighted by atomic mass is 10.0. The second-order valence-electron chi connectivity index (χ2n) is 6.10. The van der Waals surface area contributed by atoms with E-state index < -0.39 is 0 Å². The van der Waals surface area contributed by atoms with Gasteiger partial charge in [-0.2, -0.15) is 0 Å². The smallest absolute Gasteiger partial charge is 0.269 e. The van der Waals surface area contributed by atoms with E-state index in [1.165, 1.54) is 12.1 Å². The Hall–Kier alpha value is -2.76. The molecule has 1 fully saturated rings. The lowest BCUT2D eigenvalue weighted by Crippen LogP contribution is -2.46. The number of nitrogens with zero attached hydrogens (tertiary/aromatic N) is 2. The van der Waals surface area contributed by atoms with Crippen molar-refractivity contribution < 1.29 is 14.0 Å². The molecule has 1 aliphatic rings. The maximum Gasteiger partial charge on any atom is 0.269 e. The zero-order chi connectivity index (χ0) is 17.6. The molecule has 1 saturated heterocycles. The predicted molar refractivity (Wildman–Crippen MR) is 91.4 cm³/mol. The summed E-state index contributed by atoms with van der Waals surface area (Å²) in [4.78, 5) is 30.1. The standard InChI is InChI=1S/C19H20FN3O2/c20-15-6-3-5-14(11-15)12-16(23-10-4-8-18(23)24)13-22-19(25)17-7-1-2-9-21-17/h1-3,5-7,9,11,16H,4,8,10,12-13H2,(H,22,25). The Labute approximate surface area is 145 Å². The molecular weight excluding hydrogens is 321 g/mol. The van der Waals surface area contributed by atoms with E-state index in [1.54, 1.807) is 35.4 Å². The molecule has 1 N–H and O–H groups in total. The summed E-state index contributed by atoms with van der Waals surface area (Å²) in [5.41, 5.74) is 1.14. The van der Waals surface area contributed by atoms with Crippen molar-refractivity contribution in [2.75, 3.05) is 13.1 Å². The Balaban J connectivity index is 1.70. The third-order valence-electron chi connectivity index (χ3n) is 4.31. The van der Waals surface area contributed by atoms with Crippen LogP contribution in [0, 0.1) is 5.82 Å². The fourth-order valence-corrected chi connectivity index (χ4v) is 3.08. The Kier molecular flexibility index (Phi) is 5.38. The number of halogens is 1. The van der Waals surface area contributed by atoms with Gasteiger partial charge in [0.25, 0.3) is 5.91 Å². The van der Waals surface area contributed by atoms with Gasteiger partial charge in [-0.15, -0.1) is 0 Å². The van der Waals surface area contributed by atoms with E-state index in [4.69, 9.17) is 0 Å². The quantitative estimate of drug-likeness (QED) is 0.876. The second-order valence-corrected chi connectivity index (χ2v) is 6.10. The molecule has 0 spiro atoms. The van der Waals surface area contributed by atoms with Crippen molar-refractivity contribution in [1.29, 1.82) is 0 Å². The number of nitrogens with one attached hydrogen (secondary N) is 1. The van der Waals surface area contributed by atoms with Crippen LogP contribution < -0.4 is 5.32 Å². The number of hydrogen-bond donors (Lipinski definition) is 1. The number of carbonyl (C=O) groups excluding carboxylic acids is 2. The normalized spacial score (nSPS) is 15.2. The van der Waals surface area contributed by atoms with Crippen LogP contribution in [0.15, 0.2) is 48.7 Å². The zero-order valence-electron chi connectivity index (χ0n) is 13.8. The Morgan fingerprint density at radius 1 is 1.28 bits per heavy atom. The highest BCUT2D eigenvalue weighted by atomic mass is 19.1. The highest BCUT2D eigenvalue weighted by Crippen LogP contribution is 2.17. The van der Waals surface area contributed by atoms with E-state index in [9.17, 15) is 14.0 Å². The fraction of sp³-hybridized carbons (Fsp3) is 0.316. The van der Waals surface area contributed by atoms with Gasteiger partial charge in [-0.25, -0.2) is 4.39 Å². The minimum atomic E-state index is -0.304. The number of likely N-dealkylation sites (tertiary alicyclic amines) is 1. The minimum Gasteiger partial charge on any atom is -0.349 e. The van der Waals surface area contributed by atoms with Gasteiger partial charge in [0.05, 0.1) is 6.04 Å². The van der Waals surface area contributed by atoms with Crippen LogP contribution in [0.1, 0.15) is 28.9 Å². The average molecular weight is 341 g/mol. The summed E-state index contributed by atoms with van der Waals surface area (Å²) in [5, 5.41) is 2.84. The van der Waals surface area contributed by atoms with E-state index >= 15 is 0 Å². The van der Waals surface area contributed by atoms with E-state index in [1.807, 2.05) is 6.07 Å². The molecule has 2 aromatic rings. The van der Waals surface area contributed by atoms with Crippen LogP contribution in [-0.4, -0.2) is 40.8 Å². The van der Waals surface area contributed by atoms with Gasteiger partial charge < -0.3 is 10.2 Å². The third kappa shape index (κ3) is 4.41. The van der Waals surface area contributed by atoms with Crippen molar-refractivity contribution in [1.82, 2.24) is 15.2 Å². The van der Waals surface area contributed by atoms with Crippen molar-refractivity contribution in [2.24, 2.45) is 0 Å². The van der Waals surface area contributed by atoms with Crippen molar-refractivity contribution in [3.8, 4) is 0 Å². The molecule has 0 aliphatic carbocycles. The van der Waals surface area contributed by atoms with Crippen molar-refractivity contribution in [3.63, 3.8) is 0 Å². The summed E-state index contributed by atoms with van der Waals surface area (Å²) < 4.78 is 13.4. The lowest BCUT2D eigenvalue weighted by Gasteiger charge is -2.28. The largest absolute Gasteiger partial charge is 0.349 e. The molecule has 1 aromatic carbocycles. The van der Waals surface area contributed by atoms with Crippen LogP contribution in [0.5, 0.6) is 0 Å². The second kappa shape index (κ2) is 7.88. The molecule has 3 rings (SSSR count). The molecule has 2 amide bonds. The molecule has 0 bridgehead atoms. The number of pyridine rings is 1. The summed E-state index contributed by atoms with van der Waals surface area (Å²) in [5.74, 6) is -0.508. The molecule has 1 unspecified atom stereocenters. The van der Waals surface area contributed by atoms with Crippen molar-refractivity contribution in [2.45, 2.75) is 25.3 Å². The summed E-state index contributed by atoms with van der Waals surface area (Å²) >= 11 is 0. The minimum absolute atomic E-state index is 0.0773. The van der Waals surface area contributed by atoms with E-state index in [0.29, 0.717) is 31.6 Å². The number of benzene rings is 1. The van der Waals surface area contributed by atoms with Crippen molar-refractivity contribution in [3.05, 3.63) is 65.7 Å². The monoisotopic (exact) mass is 341 g/mol. The molecule has 1 aromatic heterocycles. The Morgan fingerprint density at radius 2 is 2.16 bits per heavy atom. The molecule has 0 radical (unpaired) electrons.